The van der Waals surface area contributed by atoms with Crippen LogP contribution in [-0.2, 0) is 10.2 Å². The third kappa shape index (κ3) is 2.92. The van der Waals surface area contributed by atoms with Crippen molar-refractivity contribution >= 4 is 10.2 Å². The van der Waals surface area contributed by atoms with Crippen LogP contribution in [0, 0.1) is 11.3 Å². The Morgan fingerprint density at radius 3 is 2.27 bits per heavy atom. The van der Waals surface area contributed by atoms with E-state index in [1.54, 1.807) is 11.4 Å². The summed E-state index contributed by atoms with van der Waals surface area (Å²) in [5, 5.41) is 0. The summed E-state index contributed by atoms with van der Waals surface area (Å²) in [7, 11) is -1.55. The maximum Gasteiger partial charge on any atom is 0.281 e. The van der Waals surface area contributed by atoms with Gasteiger partial charge in [-0.15, -0.1) is 0 Å². The van der Waals surface area contributed by atoms with Crippen LogP contribution in [0.5, 0.6) is 0 Å². The van der Waals surface area contributed by atoms with Gasteiger partial charge in [-0.1, -0.05) is 27.7 Å². The van der Waals surface area contributed by atoms with Gasteiger partial charge in [0.2, 0.25) is 0 Å². The van der Waals surface area contributed by atoms with Crippen LogP contribution in [0.1, 0.15) is 27.7 Å². The molecule has 0 aromatic carbocycles. The topological polar surface area (TPSA) is 40.6 Å². The first kappa shape index (κ1) is 12.9. The van der Waals surface area contributed by atoms with Crippen molar-refractivity contribution in [2.75, 3.05) is 26.7 Å². The molecule has 0 amide bonds. The molecular formula is C10H22N2O2S. The molecule has 0 atom stereocenters. The van der Waals surface area contributed by atoms with Gasteiger partial charge in [0.25, 0.3) is 10.2 Å². The fourth-order valence-electron chi connectivity index (χ4n) is 2.06. The lowest BCUT2D eigenvalue weighted by molar-refractivity contribution is 0.165. The highest BCUT2D eigenvalue weighted by molar-refractivity contribution is 7.86. The Morgan fingerprint density at radius 1 is 1.27 bits per heavy atom. The van der Waals surface area contributed by atoms with E-state index < -0.39 is 10.2 Å². The molecule has 1 rings (SSSR count). The fourth-order valence-corrected chi connectivity index (χ4v) is 3.96. The van der Waals surface area contributed by atoms with Gasteiger partial charge in [0, 0.05) is 26.7 Å². The van der Waals surface area contributed by atoms with Gasteiger partial charge >= 0.3 is 0 Å². The summed E-state index contributed by atoms with van der Waals surface area (Å²) in [6.45, 7) is 10.1. The Morgan fingerprint density at radius 2 is 1.80 bits per heavy atom. The van der Waals surface area contributed by atoms with Crippen LogP contribution in [0.3, 0.4) is 0 Å². The normalized spacial score (nSPS) is 27.1. The summed E-state index contributed by atoms with van der Waals surface area (Å²) < 4.78 is 27.0. The molecule has 0 spiro atoms. The van der Waals surface area contributed by atoms with Crippen LogP contribution >= 0.6 is 0 Å². The van der Waals surface area contributed by atoms with E-state index in [0.29, 0.717) is 25.6 Å². The Labute approximate surface area is 93.4 Å². The highest BCUT2D eigenvalue weighted by atomic mass is 32.2. The molecule has 0 unspecified atom stereocenters. The molecule has 1 heterocycles. The molecule has 90 valence electrons. The van der Waals surface area contributed by atoms with Crippen LogP contribution < -0.4 is 0 Å². The van der Waals surface area contributed by atoms with Crippen molar-refractivity contribution in [3.05, 3.63) is 0 Å². The molecule has 0 radical (unpaired) electrons. The van der Waals surface area contributed by atoms with Crippen LogP contribution in [-0.4, -0.2) is 43.7 Å². The fraction of sp³-hybridized carbons (Fsp3) is 1.00. The summed E-state index contributed by atoms with van der Waals surface area (Å²) in [6.07, 6.45) is 0. The van der Waals surface area contributed by atoms with E-state index in [0.717, 1.165) is 0 Å². The summed E-state index contributed by atoms with van der Waals surface area (Å²) in [5.41, 5.74) is 0.0367. The molecule has 0 aromatic heterocycles. The van der Waals surface area contributed by atoms with Gasteiger partial charge in [0.1, 0.15) is 0 Å². The van der Waals surface area contributed by atoms with Gasteiger partial charge in [-0.2, -0.15) is 17.0 Å². The monoisotopic (exact) mass is 234 g/mol. The molecule has 1 aliphatic rings. The third-order valence-electron chi connectivity index (χ3n) is 2.54. The highest BCUT2D eigenvalue weighted by Crippen LogP contribution is 2.28. The van der Waals surface area contributed by atoms with Gasteiger partial charge in [0.15, 0.2) is 0 Å². The zero-order valence-electron chi connectivity index (χ0n) is 10.3. The minimum atomic E-state index is -3.20. The van der Waals surface area contributed by atoms with Crippen molar-refractivity contribution in [3.8, 4) is 0 Å². The molecule has 1 saturated heterocycles. The highest BCUT2D eigenvalue weighted by Gasteiger charge is 2.39. The summed E-state index contributed by atoms with van der Waals surface area (Å²) in [5.74, 6) is 0.363. The second-order valence-electron chi connectivity index (χ2n) is 5.61. The van der Waals surface area contributed by atoms with E-state index in [4.69, 9.17) is 0 Å². The summed E-state index contributed by atoms with van der Waals surface area (Å²) in [6, 6.07) is 0. The van der Waals surface area contributed by atoms with Crippen molar-refractivity contribution < 1.29 is 8.42 Å². The molecular weight excluding hydrogens is 212 g/mol. The molecule has 0 aliphatic carbocycles. The summed E-state index contributed by atoms with van der Waals surface area (Å²) in [4.78, 5) is 0. The number of hydrogen-bond donors (Lipinski definition) is 0. The predicted molar refractivity (Wildman–Crippen MR) is 61.7 cm³/mol. The lowest BCUT2D eigenvalue weighted by Crippen LogP contribution is -2.56. The van der Waals surface area contributed by atoms with E-state index in [1.807, 2.05) is 13.8 Å². The molecule has 1 aliphatic heterocycles. The van der Waals surface area contributed by atoms with Crippen LogP contribution in [0.2, 0.25) is 0 Å². The van der Waals surface area contributed by atoms with Crippen LogP contribution in [0.15, 0.2) is 0 Å². The van der Waals surface area contributed by atoms with Crippen molar-refractivity contribution in [3.63, 3.8) is 0 Å². The number of nitrogens with zero attached hydrogens (tertiary/aromatic N) is 2. The maximum absolute atomic E-state index is 12.0. The number of hydrogen-bond acceptors (Lipinski definition) is 2. The van der Waals surface area contributed by atoms with Crippen LogP contribution in [0.25, 0.3) is 0 Å². The molecule has 0 bridgehead atoms. The Hall–Kier alpha value is -0.130. The van der Waals surface area contributed by atoms with E-state index in [1.165, 1.54) is 4.31 Å². The van der Waals surface area contributed by atoms with Gasteiger partial charge in [-0.3, -0.25) is 0 Å². The largest absolute Gasteiger partial charge is 0.281 e. The molecule has 0 N–H and O–H groups in total. The smallest absolute Gasteiger partial charge is 0.195 e. The molecule has 1 fully saturated rings. The predicted octanol–water partition coefficient (Wildman–Crippen LogP) is 1.16. The van der Waals surface area contributed by atoms with Crippen molar-refractivity contribution in [2.24, 2.45) is 11.3 Å². The van der Waals surface area contributed by atoms with Gasteiger partial charge in [-0.25, -0.2) is 0 Å². The lowest BCUT2D eigenvalue weighted by atomic mass is 9.93. The minimum absolute atomic E-state index is 0.0367. The van der Waals surface area contributed by atoms with E-state index >= 15 is 0 Å². The molecule has 0 saturated carbocycles. The zero-order valence-corrected chi connectivity index (χ0v) is 11.1. The first-order chi connectivity index (χ1) is 6.65. The summed E-state index contributed by atoms with van der Waals surface area (Å²) >= 11 is 0. The minimum Gasteiger partial charge on any atom is -0.195 e. The molecule has 0 aromatic rings. The van der Waals surface area contributed by atoms with E-state index in [2.05, 4.69) is 13.8 Å². The van der Waals surface area contributed by atoms with Gasteiger partial charge in [0.05, 0.1) is 0 Å². The second-order valence-corrected chi connectivity index (χ2v) is 7.65. The SMILES string of the molecule is CC(C)CN1CC(C)(C)CN(C)S1(=O)=O. The van der Waals surface area contributed by atoms with Crippen LogP contribution in [0.4, 0.5) is 0 Å². The lowest BCUT2D eigenvalue weighted by Gasteiger charge is -2.42. The Kier molecular flexibility index (Phi) is 3.48. The quantitative estimate of drug-likeness (QED) is 0.719. The maximum atomic E-state index is 12.0. The molecule has 4 nitrogen and oxygen atoms in total. The standard InChI is InChI=1S/C10H22N2O2S/c1-9(2)6-12-8-10(3,4)7-11(5)15(12,13)14/h9H,6-8H2,1-5H3. The van der Waals surface area contributed by atoms with E-state index in [-0.39, 0.29) is 5.41 Å². The first-order valence-electron chi connectivity index (χ1n) is 5.36. The zero-order chi connectivity index (χ0) is 11.9. The Bertz CT molecular complexity index is 322. The Balaban J connectivity index is 2.91. The van der Waals surface area contributed by atoms with Crippen molar-refractivity contribution in [1.82, 2.24) is 8.61 Å². The molecule has 5 heteroatoms. The third-order valence-corrected chi connectivity index (χ3v) is 4.39. The molecule has 15 heavy (non-hydrogen) atoms. The van der Waals surface area contributed by atoms with E-state index in [9.17, 15) is 8.42 Å². The average molecular weight is 234 g/mol. The van der Waals surface area contributed by atoms with Gasteiger partial charge in [-0.05, 0) is 11.3 Å². The number of rotatable bonds is 2. The average Bonchev–Trinajstić information content (AvgIpc) is 1.98. The first-order valence-corrected chi connectivity index (χ1v) is 6.76. The van der Waals surface area contributed by atoms with Crippen molar-refractivity contribution in [2.45, 2.75) is 27.7 Å². The second kappa shape index (κ2) is 4.03. The van der Waals surface area contributed by atoms with Crippen molar-refractivity contribution in [1.29, 1.82) is 0 Å². The van der Waals surface area contributed by atoms with Gasteiger partial charge < -0.3 is 0 Å².